The van der Waals surface area contributed by atoms with Gasteiger partial charge in [0.1, 0.15) is 5.75 Å². The van der Waals surface area contributed by atoms with E-state index in [1.165, 1.54) is 17.4 Å². The quantitative estimate of drug-likeness (QED) is 0.430. The topological polar surface area (TPSA) is 158 Å². The number of Topliss-reactive ketones (excluding diaryl/α,β-unsaturated/α-hetero) is 4. The van der Waals surface area contributed by atoms with Crippen molar-refractivity contribution in [1.29, 1.82) is 0 Å². The van der Waals surface area contributed by atoms with Gasteiger partial charge < -0.3 is 15.9 Å². The first kappa shape index (κ1) is 27.9. The number of nitrogens with two attached hydrogens (primary N) is 1. The van der Waals surface area contributed by atoms with Crippen molar-refractivity contribution in [2.24, 2.45) is 29.4 Å². The number of hydrogen-bond acceptors (Lipinski definition) is 9. The number of ketones is 4. The first-order chi connectivity index (χ1) is 18.3. The number of likely N-dealkylation sites (N-methyl/N-ethyl adjacent to an activating group) is 1. The Morgan fingerprint density at radius 1 is 1.18 bits per heavy atom. The molecule has 5 rings (SSSR count). The van der Waals surface area contributed by atoms with Crippen LogP contribution in [-0.4, -0.2) is 87.4 Å². The standard InChI is InChI=1S/C28H34ClN3O7/c1-4-32(14-6-5-7-14)11-13-10-17(33)19-15(21(13)29)8-12-9-16-22(31(2)3)24(35)20(27(30)38)26(37)28(16,39)25(36)18(12)23(19)34/h10,12,14,16,18,20,22,33,39H,4-9,11H2,1-3H3,(H2,30,38)/t12-,16-,18?,20?,22-,28-/m0/s1. The lowest BCUT2D eigenvalue weighted by atomic mass is 9.52. The minimum absolute atomic E-state index is 0.00558. The molecule has 0 radical (unpaired) electrons. The van der Waals surface area contributed by atoms with Crippen molar-refractivity contribution >= 4 is 40.6 Å². The fraction of sp³-hybridized carbons (Fsp3) is 0.607. The molecule has 210 valence electrons. The van der Waals surface area contributed by atoms with Crippen molar-refractivity contribution < 1.29 is 34.2 Å². The first-order valence-corrected chi connectivity index (χ1v) is 13.8. The number of aromatic hydroxyl groups is 1. The number of carbonyl (C=O) groups excluding carboxylic acids is 5. The van der Waals surface area contributed by atoms with Gasteiger partial charge in [0.2, 0.25) is 5.91 Å². The number of benzene rings is 1. The zero-order valence-corrected chi connectivity index (χ0v) is 23.0. The highest BCUT2D eigenvalue weighted by Gasteiger charge is 2.69. The maximum atomic E-state index is 13.9. The highest BCUT2D eigenvalue weighted by atomic mass is 35.5. The van der Waals surface area contributed by atoms with E-state index in [0.29, 0.717) is 28.7 Å². The van der Waals surface area contributed by atoms with Gasteiger partial charge in [-0.1, -0.05) is 24.9 Å². The molecule has 1 aromatic carbocycles. The molecule has 10 nitrogen and oxygen atoms in total. The first-order valence-electron chi connectivity index (χ1n) is 13.5. The number of primary amides is 1. The van der Waals surface area contributed by atoms with E-state index in [1.807, 2.05) is 0 Å². The normalized spacial score (nSPS) is 32.6. The lowest BCUT2D eigenvalue weighted by molar-refractivity contribution is -0.181. The van der Waals surface area contributed by atoms with E-state index in [4.69, 9.17) is 17.3 Å². The van der Waals surface area contributed by atoms with Gasteiger partial charge >= 0.3 is 0 Å². The highest BCUT2D eigenvalue weighted by molar-refractivity contribution is 6.34. The number of carbonyl (C=O) groups is 5. The molecule has 0 bridgehead atoms. The predicted octanol–water partition coefficient (Wildman–Crippen LogP) is 0.895. The molecule has 3 fully saturated rings. The van der Waals surface area contributed by atoms with Crippen molar-refractivity contribution in [3.05, 3.63) is 27.8 Å². The third-order valence-electron chi connectivity index (χ3n) is 9.44. The number of halogens is 1. The molecule has 0 aromatic heterocycles. The van der Waals surface area contributed by atoms with Crippen molar-refractivity contribution in [2.75, 3.05) is 20.6 Å². The average Bonchev–Trinajstić information content (AvgIpc) is 2.82. The Morgan fingerprint density at radius 2 is 1.85 bits per heavy atom. The molecule has 2 unspecified atom stereocenters. The summed E-state index contributed by atoms with van der Waals surface area (Å²) in [6.07, 6.45) is 3.51. The Hall–Kier alpha value is -2.66. The van der Waals surface area contributed by atoms with Gasteiger partial charge in [0.25, 0.3) is 0 Å². The fourth-order valence-corrected chi connectivity index (χ4v) is 7.58. The summed E-state index contributed by atoms with van der Waals surface area (Å²) in [6, 6.07) is 0.765. The van der Waals surface area contributed by atoms with Crippen LogP contribution in [0.1, 0.15) is 54.1 Å². The summed E-state index contributed by atoms with van der Waals surface area (Å²) >= 11 is 6.85. The molecule has 6 atom stereocenters. The predicted molar refractivity (Wildman–Crippen MR) is 140 cm³/mol. The maximum absolute atomic E-state index is 13.9. The van der Waals surface area contributed by atoms with Crippen LogP contribution in [0.2, 0.25) is 5.02 Å². The fourth-order valence-electron chi connectivity index (χ4n) is 7.29. The van der Waals surface area contributed by atoms with E-state index in [0.717, 1.165) is 19.4 Å². The van der Waals surface area contributed by atoms with Crippen LogP contribution in [0, 0.1) is 23.7 Å². The average molecular weight is 560 g/mol. The van der Waals surface area contributed by atoms with Gasteiger partial charge in [-0.2, -0.15) is 0 Å². The van der Waals surface area contributed by atoms with Crippen LogP contribution in [0.3, 0.4) is 0 Å². The van der Waals surface area contributed by atoms with Gasteiger partial charge in [0.05, 0.1) is 17.5 Å². The third-order valence-corrected chi connectivity index (χ3v) is 9.91. The Morgan fingerprint density at radius 3 is 2.38 bits per heavy atom. The molecular weight excluding hydrogens is 526 g/mol. The van der Waals surface area contributed by atoms with Gasteiger partial charge in [-0.15, -0.1) is 0 Å². The number of phenols is 1. The monoisotopic (exact) mass is 559 g/mol. The summed E-state index contributed by atoms with van der Waals surface area (Å²) in [5.74, 6) is -10.6. The van der Waals surface area contributed by atoms with E-state index >= 15 is 0 Å². The second-order valence-corrected chi connectivity index (χ2v) is 12.0. The van der Waals surface area contributed by atoms with Crippen LogP contribution in [0.15, 0.2) is 6.07 Å². The van der Waals surface area contributed by atoms with Gasteiger partial charge in [-0.3, -0.25) is 33.8 Å². The smallest absolute Gasteiger partial charge is 0.235 e. The summed E-state index contributed by atoms with van der Waals surface area (Å²) in [5.41, 5.74) is 3.65. The lowest BCUT2D eigenvalue weighted by Crippen LogP contribution is -2.74. The van der Waals surface area contributed by atoms with Crippen LogP contribution < -0.4 is 5.73 Å². The van der Waals surface area contributed by atoms with Gasteiger partial charge in [0, 0.05) is 23.5 Å². The molecule has 3 saturated carbocycles. The van der Waals surface area contributed by atoms with E-state index in [2.05, 4.69) is 11.8 Å². The van der Waals surface area contributed by atoms with E-state index in [1.54, 1.807) is 14.1 Å². The van der Waals surface area contributed by atoms with Gasteiger partial charge in [-0.05, 0) is 69.4 Å². The highest BCUT2D eigenvalue weighted by Crippen LogP contribution is 2.52. The summed E-state index contributed by atoms with van der Waals surface area (Å²) in [7, 11) is 3.11. The van der Waals surface area contributed by atoms with Crippen molar-refractivity contribution in [1.82, 2.24) is 9.80 Å². The largest absolute Gasteiger partial charge is 0.507 e. The van der Waals surface area contributed by atoms with Crippen LogP contribution in [0.4, 0.5) is 0 Å². The summed E-state index contributed by atoms with van der Waals surface area (Å²) in [4.78, 5) is 70.0. The summed E-state index contributed by atoms with van der Waals surface area (Å²) in [5, 5.41) is 23.0. The number of nitrogens with zero attached hydrogens (tertiary/aromatic N) is 2. The zero-order valence-electron chi connectivity index (χ0n) is 22.3. The minimum atomic E-state index is -2.74. The van der Waals surface area contributed by atoms with Crippen LogP contribution >= 0.6 is 11.6 Å². The molecule has 0 aliphatic heterocycles. The molecule has 0 saturated heterocycles. The molecule has 0 spiro atoms. The number of rotatable bonds is 6. The Kier molecular flexibility index (Phi) is 6.98. The van der Waals surface area contributed by atoms with E-state index in [9.17, 15) is 34.2 Å². The molecule has 4 aliphatic rings. The number of fused-ring (bicyclic) bond motifs is 3. The minimum Gasteiger partial charge on any atom is -0.507 e. The summed E-state index contributed by atoms with van der Waals surface area (Å²) < 4.78 is 0. The van der Waals surface area contributed by atoms with Crippen LogP contribution in [-0.2, 0) is 32.1 Å². The van der Waals surface area contributed by atoms with E-state index < -0.39 is 64.4 Å². The molecule has 4 aliphatic carbocycles. The number of hydrogen-bond donors (Lipinski definition) is 3. The Bertz CT molecular complexity index is 1290. The third kappa shape index (κ3) is 3.98. The zero-order chi connectivity index (χ0) is 28.5. The summed E-state index contributed by atoms with van der Waals surface area (Å²) in [6.45, 7) is 3.37. The lowest BCUT2D eigenvalue weighted by Gasteiger charge is -2.52. The molecular formula is C28H34ClN3O7. The molecule has 39 heavy (non-hydrogen) atoms. The van der Waals surface area contributed by atoms with Gasteiger partial charge in [0.15, 0.2) is 34.7 Å². The molecule has 1 amide bonds. The second-order valence-electron chi connectivity index (χ2n) is 11.7. The number of aliphatic hydroxyl groups is 1. The van der Waals surface area contributed by atoms with Crippen molar-refractivity contribution in [3.63, 3.8) is 0 Å². The SMILES string of the molecule is CCN(Cc1cc(O)c2c(c1Cl)C[C@H]1C[C@H]3[C@H](N(C)C)C(=O)C(C(N)=O)C(=O)[C@@]3(O)C(=O)C1C2=O)C1CCC1. The Balaban J connectivity index is 1.56. The second kappa shape index (κ2) is 9.76. The van der Waals surface area contributed by atoms with Crippen LogP contribution in [0.5, 0.6) is 5.75 Å². The number of amides is 1. The van der Waals surface area contributed by atoms with Crippen molar-refractivity contribution in [3.8, 4) is 5.75 Å². The van der Waals surface area contributed by atoms with Gasteiger partial charge in [-0.25, -0.2) is 0 Å². The molecule has 4 N–H and O–H groups in total. The maximum Gasteiger partial charge on any atom is 0.235 e. The molecule has 0 heterocycles. The molecule has 11 heteroatoms. The van der Waals surface area contributed by atoms with E-state index in [-0.39, 0.29) is 24.2 Å². The molecule has 1 aromatic rings. The van der Waals surface area contributed by atoms with Crippen LogP contribution in [0.25, 0.3) is 0 Å². The Labute approximate surface area is 231 Å². The van der Waals surface area contributed by atoms with Crippen molar-refractivity contribution in [2.45, 2.75) is 63.3 Å². The number of phenolic OH excluding ortho intramolecular Hbond substituents is 1.